The van der Waals surface area contributed by atoms with Crippen molar-refractivity contribution < 1.29 is 19.1 Å². The summed E-state index contributed by atoms with van der Waals surface area (Å²) < 4.78 is 10.2. The smallest absolute Gasteiger partial charge is 0.409 e. The van der Waals surface area contributed by atoms with Crippen LogP contribution >= 0.6 is 0 Å². The van der Waals surface area contributed by atoms with E-state index < -0.39 is 5.60 Å². The second-order valence-corrected chi connectivity index (χ2v) is 7.43. The molecule has 0 aliphatic carbocycles. The Hall–Kier alpha value is -1.85. The third-order valence-corrected chi connectivity index (χ3v) is 3.14. The number of nitrogens with zero attached hydrogens (tertiary/aromatic N) is 1. The highest BCUT2D eigenvalue weighted by Gasteiger charge is 2.30. The second kappa shape index (κ2) is 7.15. The van der Waals surface area contributed by atoms with Gasteiger partial charge in [0.25, 0.3) is 0 Å². The molecule has 0 unspecified atom stereocenters. The van der Waals surface area contributed by atoms with E-state index in [0.717, 1.165) is 5.56 Å². The third kappa shape index (κ3) is 6.04. The topological polar surface area (TPSA) is 55.8 Å². The van der Waals surface area contributed by atoms with Crippen molar-refractivity contribution in [3.05, 3.63) is 35.4 Å². The van der Waals surface area contributed by atoms with Crippen LogP contribution in [0.5, 0.6) is 0 Å². The molecule has 0 aromatic heterocycles. The van der Waals surface area contributed by atoms with E-state index in [1.165, 1.54) is 7.11 Å². The third-order valence-electron chi connectivity index (χ3n) is 3.14. The number of amides is 1. The Bertz CT molecular complexity index is 562. The molecule has 1 amide bonds. The van der Waals surface area contributed by atoms with Crippen molar-refractivity contribution >= 4 is 35.6 Å². The molecule has 0 aliphatic rings. The van der Waals surface area contributed by atoms with Crippen molar-refractivity contribution in [2.24, 2.45) is 0 Å². The van der Waals surface area contributed by atoms with Gasteiger partial charge in [-0.15, -0.1) is 0 Å². The highest BCUT2D eigenvalue weighted by atomic mass is 16.6. The van der Waals surface area contributed by atoms with Gasteiger partial charge in [-0.1, -0.05) is 12.1 Å². The van der Waals surface area contributed by atoms with Gasteiger partial charge < -0.3 is 14.4 Å². The first-order valence-corrected chi connectivity index (χ1v) is 7.62. The molecule has 0 saturated carbocycles. The minimum absolute atomic E-state index is 0.359. The number of ether oxygens (including phenoxy) is 2. The van der Waals surface area contributed by atoms with Crippen molar-refractivity contribution in [3.63, 3.8) is 0 Å². The van der Waals surface area contributed by atoms with Gasteiger partial charge in [0.1, 0.15) is 29.1 Å². The van der Waals surface area contributed by atoms with Gasteiger partial charge in [0.05, 0.1) is 12.7 Å². The Balaban J connectivity index is 2.94. The molecule has 23 heavy (non-hydrogen) atoms. The molecular weight excluding hydrogens is 291 g/mol. The molecule has 122 valence electrons. The Morgan fingerprint density at radius 2 is 1.61 bits per heavy atom. The largest absolute Gasteiger partial charge is 0.465 e. The lowest BCUT2D eigenvalue weighted by Gasteiger charge is -2.37. The summed E-state index contributed by atoms with van der Waals surface area (Å²) in [5, 5.41) is -0.386. The van der Waals surface area contributed by atoms with E-state index >= 15 is 0 Å². The zero-order valence-corrected chi connectivity index (χ0v) is 15.1. The number of methoxy groups -OCH3 is 1. The van der Waals surface area contributed by atoms with Gasteiger partial charge >= 0.3 is 12.1 Å². The van der Waals surface area contributed by atoms with E-state index in [4.69, 9.17) is 4.74 Å². The highest BCUT2D eigenvalue weighted by molar-refractivity contribution is 6.59. The Labute approximate surface area is 140 Å². The maximum absolute atomic E-state index is 12.5. The zero-order chi connectivity index (χ0) is 17.8. The van der Waals surface area contributed by atoms with Crippen LogP contribution in [-0.4, -0.2) is 58.4 Å². The first-order valence-electron chi connectivity index (χ1n) is 7.62. The number of benzene rings is 1. The Kier molecular flexibility index (Phi) is 5.97. The van der Waals surface area contributed by atoms with E-state index in [1.54, 1.807) is 17.0 Å². The van der Waals surface area contributed by atoms with Crippen molar-refractivity contribution in [1.82, 2.24) is 4.90 Å². The summed E-state index contributed by atoms with van der Waals surface area (Å²) in [5.41, 5.74) is 0.851. The lowest BCUT2D eigenvalue weighted by molar-refractivity contribution is 0.0224. The molecule has 0 N–H and O–H groups in total. The lowest BCUT2D eigenvalue weighted by Crippen LogP contribution is -2.54. The van der Waals surface area contributed by atoms with Crippen LogP contribution in [0.4, 0.5) is 4.79 Å². The van der Waals surface area contributed by atoms with Crippen molar-refractivity contribution in [3.8, 4) is 0 Å². The van der Waals surface area contributed by atoms with Gasteiger partial charge in [0, 0.05) is 6.54 Å². The van der Waals surface area contributed by atoms with E-state index in [9.17, 15) is 9.59 Å². The van der Waals surface area contributed by atoms with Crippen LogP contribution in [0.3, 0.4) is 0 Å². The fraction of sp³-hybridized carbons (Fsp3) is 0.467. The molecule has 0 bridgehead atoms. The molecule has 0 aliphatic heterocycles. The first kappa shape index (κ1) is 19.2. The Morgan fingerprint density at radius 3 is 2.00 bits per heavy atom. The monoisotopic (exact) mass is 315 g/mol. The van der Waals surface area contributed by atoms with Crippen molar-refractivity contribution in [2.45, 2.75) is 38.2 Å². The average molecular weight is 315 g/mol. The molecule has 0 radical (unpaired) electrons. The zero-order valence-electron chi connectivity index (χ0n) is 15.1. The van der Waals surface area contributed by atoms with E-state index in [-0.39, 0.29) is 17.3 Å². The van der Waals surface area contributed by atoms with Crippen LogP contribution in [0.15, 0.2) is 24.3 Å². The maximum Gasteiger partial charge on any atom is 0.409 e. The average Bonchev–Trinajstić information content (AvgIpc) is 2.41. The molecule has 1 rings (SSSR count). The molecular formula is C15H24B3NO4. The van der Waals surface area contributed by atoms with Crippen LogP contribution < -0.4 is 0 Å². The van der Waals surface area contributed by atoms with Gasteiger partial charge in [-0.05, 0) is 43.7 Å². The van der Waals surface area contributed by atoms with Crippen LogP contribution in [0, 0.1) is 0 Å². The van der Waals surface area contributed by atoms with E-state index in [1.807, 2.05) is 56.4 Å². The fourth-order valence-corrected chi connectivity index (χ4v) is 1.94. The van der Waals surface area contributed by atoms with Crippen LogP contribution in [0.25, 0.3) is 0 Å². The van der Waals surface area contributed by atoms with E-state index in [2.05, 4.69) is 4.74 Å². The van der Waals surface area contributed by atoms with Crippen molar-refractivity contribution in [2.75, 3.05) is 7.11 Å². The summed E-state index contributed by atoms with van der Waals surface area (Å²) in [4.78, 5) is 25.6. The quantitative estimate of drug-likeness (QED) is 0.567. The molecule has 0 saturated heterocycles. The summed E-state index contributed by atoms with van der Waals surface area (Å²) in [6, 6.07) is 7.01. The van der Waals surface area contributed by atoms with Gasteiger partial charge in [0.15, 0.2) is 0 Å². The summed E-state index contributed by atoms with van der Waals surface area (Å²) in [6.07, 6.45) is -0.359. The predicted octanol–water partition coefficient (Wildman–Crippen LogP) is -0.279. The van der Waals surface area contributed by atoms with Gasteiger partial charge in [-0.2, -0.15) is 0 Å². The minimum Gasteiger partial charge on any atom is -0.465 e. The highest BCUT2D eigenvalue weighted by Crippen LogP contribution is 2.17. The molecule has 1 aromatic rings. The standard InChI is InChI=1S/C15H24B3NO4/c1-14(2,3)23-13(21)19(15(16,17)18)9-10-5-7-11(8-6-10)12(20)22-4/h5-8H,9,16-18H2,1-4H3. The van der Waals surface area contributed by atoms with Crippen LogP contribution in [0.2, 0.25) is 0 Å². The Morgan fingerprint density at radius 1 is 1.09 bits per heavy atom. The van der Waals surface area contributed by atoms with Crippen LogP contribution in [-0.2, 0) is 16.0 Å². The predicted molar refractivity (Wildman–Crippen MR) is 97.9 cm³/mol. The lowest BCUT2D eigenvalue weighted by atomic mass is 9.48. The van der Waals surface area contributed by atoms with Crippen molar-refractivity contribution in [1.29, 1.82) is 0 Å². The minimum atomic E-state index is -0.546. The van der Waals surface area contributed by atoms with Gasteiger partial charge in [-0.25, -0.2) is 9.59 Å². The van der Waals surface area contributed by atoms with Crippen LogP contribution in [0.1, 0.15) is 36.7 Å². The summed E-state index contributed by atoms with van der Waals surface area (Å²) in [6.45, 7) is 5.94. The second-order valence-electron chi connectivity index (χ2n) is 7.43. The summed E-state index contributed by atoms with van der Waals surface area (Å²) in [7, 11) is 7.22. The number of carbonyl (C=O) groups excluding carboxylic acids is 2. The SMILES string of the molecule is BC(B)(B)N(Cc1ccc(C(=O)OC)cc1)C(=O)OC(C)(C)C. The number of esters is 1. The normalized spacial score (nSPS) is 11.7. The summed E-state index contributed by atoms with van der Waals surface area (Å²) >= 11 is 0. The molecule has 0 atom stereocenters. The molecule has 1 aromatic carbocycles. The molecule has 0 heterocycles. The van der Waals surface area contributed by atoms with E-state index in [0.29, 0.717) is 12.1 Å². The number of hydrogen-bond donors (Lipinski definition) is 0. The maximum atomic E-state index is 12.5. The number of rotatable bonds is 4. The molecule has 5 nitrogen and oxygen atoms in total. The number of hydrogen-bond acceptors (Lipinski definition) is 4. The molecule has 0 spiro atoms. The van der Waals surface area contributed by atoms with Gasteiger partial charge in [0.2, 0.25) is 0 Å². The van der Waals surface area contributed by atoms with Gasteiger partial charge in [-0.3, -0.25) is 0 Å². The molecule has 8 heteroatoms. The first-order chi connectivity index (χ1) is 10.4. The molecule has 0 fully saturated rings. The summed E-state index contributed by atoms with van der Waals surface area (Å²) in [5.74, 6) is -0.378. The number of carbonyl (C=O) groups is 2. The fourth-order valence-electron chi connectivity index (χ4n) is 1.94.